The van der Waals surface area contributed by atoms with E-state index in [9.17, 15) is 9.90 Å². The average molecular weight is 394 g/mol. The third kappa shape index (κ3) is 3.40. The van der Waals surface area contributed by atoms with Gasteiger partial charge in [0.05, 0.1) is 18.2 Å². The van der Waals surface area contributed by atoms with E-state index in [1.54, 1.807) is 73.8 Å². The number of aromatic amines is 1. The van der Waals surface area contributed by atoms with Crippen LogP contribution in [0.25, 0.3) is 22.0 Å². The predicted octanol–water partition coefficient (Wildman–Crippen LogP) is 5.36. The zero-order valence-electron chi connectivity index (χ0n) is 14.9. The van der Waals surface area contributed by atoms with E-state index in [1.807, 2.05) is 0 Å². The summed E-state index contributed by atoms with van der Waals surface area (Å²) in [5.74, 6) is 1.80. The Morgan fingerprint density at radius 3 is 2.43 bits per heavy atom. The highest BCUT2D eigenvalue weighted by Gasteiger charge is 2.15. The Hall–Kier alpha value is -3.44. The van der Waals surface area contributed by atoms with Gasteiger partial charge in [-0.25, -0.2) is 0 Å². The molecule has 0 atom stereocenters. The van der Waals surface area contributed by atoms with E-state index in [1.165, 1.54) is 0 Å². The van der Waals surface area contributed by atoms with Gasteiger partial charge in [0.15, 0.2) is 0 Å². The summed E-state index contributed by atoms with van der Waals surface area (Å²) in [5, 5.41) is 11.7. The molecule has 0 spiro atoms. The van der Waals surface area contributed by atoms with Crippen LogP contribution in [0, 0.1) is 0 Å². The molecule has 140 valence electrons. The van der Waals surface area contributed by atoms with E-state index >= 15 is 0 Å². The molecule has 5 nitrogen and oxygen atoms in total. The maximum Gasteiger partial charge on any atom is 0.260 e. The van der Waals surface area contributed by atoms with Crippen molar-refractivity contribution in [3.05, 3.63) is 82.1 Å². The summed E-state index contributed by atoms with van der Waals surface area (Å²) < 4.78 is 11.0. The number of H-pyrrole nitrogens is 1. The molecule has 3 aromatic carbocycles. The van der Waals surface area contributed by atoms with Crippen LogP contribution in [0.15, 0.2) is 71.5 Å². The number of hydrogen-bond donors (Lipinski definition) is 2. The molecule has 0 aliphatic carbocycles. The van der Waals surface area contributed by atoms with Crippen molar-refractivity contribution >= 4 is 22.5 Å². The van der Waals surface area contributed by atoms with Crippen molar-refractivity contribution in [2.75, 3.05) is 7.11 Å². The van der Waals surface area contributed by atoms with Crippen LogP contribution in [-0.2, 0) is 0 Å². The molecule has 0 bridgehead atoms. The number of aromatic nitrogens is 1. The van der Waals surface area contributed by atoms with Crippen LogP contribution in [0.5, 0.6) is 23.0 Å². The summed E-state index contributed by atoms with van der Waals surface area (Å²) in [4.78, 5) is 15.4. The van der Waals surface area contributed by atoms with Crippen molar-refractivity contribution in [3.8, 4) is 34.1 Å². The maximum absolute atomic E-state index is 12.6. The van der Waals surface area contributed by atoms with Gasteiger partial charge < -0.3 is 19.6 Å². The molecule has 1 aromatic heterocycles. The number of methoxy groups -OCH3 is 1. The Kier molecular flexibility index (Phi) is 4.67. The summed E-state index contributed by atoms with van der Waals surface area (Å²) in [7, 11) is 1.60. The fourth-order valence-corrected chi connectivity index (χ4v) is 3.19. The van der Waals surface area contributed by atoms with Crippen molar-refractivity contribution in [3.63, 3.8) is 0 Å². The van der Waals surface area contributed by atoms with Crippen molar-refractivity contribution in [1.82, 2.24) is 4.98 Å². The normalized spacial score (nSPS) is 10.8. The van der Waals surface area contributed by atoms with E-state index in [0.29, 0.717) is 33.0 Å². The second-order valence-electron chi connectivity index (χ2n) is 6.17. The lowest BCUT2D eigenvalue weighted by Gasteiger charge is -2.10. The van der Waals surface area contributed by atoms with Gasteiger partial charge >= 0.3 is 0 Å². The third-order valence-electron chi connectivity index (χ3n) is 4.37. The number of nitrogens with one attached hydrogen (secondary N) is 1. The lowest BCUT2D eigenvalue weighted by Crippen LogP contribution is -2.09. The van der Waals surface area contributed by atoms with Gasteiger partial charge in [0.2, 0.25) is 0 Å². The molecule has 0 saturated heterocycles. The SMILES string of the molecule is COc1ccc(Oc2cccc(-c3c(O)c4ccc(Cl)cc4[nH]c3=O)c2)cc1. The second kappa shape index (κ2) is 7.29. The molecular weight excluding hydrogens is 378 g/mol. The molecule has 0 fully saturated rings. The number of aromatic hydroxyl groups is 1. The molecule has 28 heavy (non-hydrogen) atoms. The van der Waals surface area contributed by atoms with E-state index in [2.05, 4.69) is 4.98 Å². The van der Waals surface area contributed by atoms with Crippen molar-refractivity contribution in [1.29, 1.82) is 0 Å². The van der Waals surface area contributed by atoms with Gasteiger partial charge in [-0.15, -0.1) is 0 Å². The minimum Gasteiger partial charge on any atom is -0.506 e. The highest BCUT2D eigenvalue weighted by Crippen LogP contribution is 2.35. The lowest BCUT2D eigenvalue weighted by molar-refractivity contribution is 0.413. The van der Waals surface area contributed by atoms with Crippen molar-refractivity contribution < 1.29 is 14.6 Å². The lowest BCUT2D eigenvalue weighted by atomic mass is 10.0. The molecule has 0 aliphatic rings. The zero-order chi connectivity index (χ0) is 19.7. The number of ether oxygens (including phenoxy) is 2. The standard InChI is InChI=1S/C22H16ClNO4/c1-27-15-6-8-16(9-7-15)28-17-4-2-3-13(11-17)20-21(25)18-10-5-14(23)12-19(18)24-22(20)26/h2-12H,1H3,(H2,24,25,26). The average Bonchev–Trinajstić information content (AvgIpc) is 2.68. The topological polar surface area (TPSA) is 71.5 Å². The van der Waals surface area contributed by atoms with Crippen LogP contribution in [0.1, 0.15) is 0 Å². The van der Waals surface area contributed by atoms with Gasteiger partial charge in [-0.05, 0) is 60.2 Å². The van der Waals surface area contributed by atoms with Crippen LogP contribution in [0.3, 0.4) is 0 Å². The first-order valence-corrected chi connectivity index (χ1v) is 8.90. The number of rotatable bonds is 4. The third-order valence-corrected chi connectivity index (χ3v) is 4.60. The quantitative estimate of drug-likeness (QED) is 0.490. The fourth-order valence-electron chi connectivity index (χ4n) is 3.02. The molecule has 0 amide bonds. The maximum atomic E-state index is 12.6. The van der Waals surface area contributed by atoms with Crippen LogP contribution >= 0.6 is 11.6 Å². The summed E-state index contributed by atoms with van der Waals surface area (Å²) in [6, 6.07) is 19.1. The molecule has 0 aliphatic heterocycles. The van der Waals surface area contributed by atoms with Gasteiger partial charge in [-0.1, -0.05) is 23.7 Å². The van der Waals surface area contributed by atoms with Gasteiger partial charge in [0.25, 0.3) is 5.56 Å². The molecule has 6 heteroatoms. The Morgan fingerprint density at radius 1 is 0.929 bits per heavy atom. The monoisotopic (exact) mass is 393 g/mol. The summed E-state index contributed by atoms with van der Waals surface area (Å²) in [6.45, 7) is 0. The summed E-state index contributed by atoms with van der Waals surface area (Å²) in [5.41, 5.74) is 0.787. The van der Waals surface area contributed by atoms with E-state index < -0.39 is 5.56 Å². The minimum absolute atomic E-state index is 0.1000. The Balaban J connectivity index is 1.74. The molecule has 4 aromatic rings. The molecule has 4 rings (SSSR count). The van der Waals surface area contributed by atoms with Crippen LogP contribution in [0.2, 0.25) is 5.02 Å². The van der Waals surface area contributed by atoms with Gasteiger partial charge in [-0.2, -0.15) is 0 Å². The Bertz CT molecular complexity index is 1220. The van der Waals surface area contributed by atoms with Crippen LogP contribution < -0.4 is 15.0 Å². The first-order valence-electron chi connectivity index (χ1n) is 8.52. The minimum atomic E-state index is -0.408. The second-order valence-corrected chi connectivity index (χ2v) is 6.61. The number of pyridine rings is 1. The number of halogens is 1. The summed E-state index contributed by atoms with van der Waals surface area (Å²) in [6.07, 6.45) is 0. The highest BCUT2D eigenvalue weighted by atomic mass is 35.5. The number of benzene rings is 3. The smallest absolute Gasteiger partial charge is 0.260 e. The molecule has 0 saturated carbocycles. The van der Waals surface area contributed by atoms with Gasteiger partial charge in [0, 0.05) is 10.4 Å². The Morgan fingerprint density at radius 2 is 1.68 bits per heavy atom. The number of fused-ring (bicyclic) bond motifs is 1. The largest absolute Gasteiger partial charge is 0.506 e. The first kappa shape index (κ1) is 17.9. The van der Waals surface area contributed by atoms with Crippen molar-refractivity contribution in [2.45, 2.75) is 0 Å². The van der Waals surface area contributed by atoms with E-state index in [4.69, 9.17) is 21.1 Å². The fraction of sp³-hybridized carbons (Fsp3) is 0.0455. The molecule has 2 N–H and O–H groups in total. The molecule has 1 heterocycles. The molecule has 0 unspecified atom stereocenters. The van der Waals surface area contributed by atoms with Crippen molar-refractivity contribution in [2.24, 2.45) is 0 Å². The van der Waals surface area contributed by atoms with E-state index in [-0.39, 0.29) is 11.3 Å². The van der Waals surface area contributed by atoms with E-state index in [0.717, 1.165) is 5.75 Å². The number of hydrogen-bond acceptors (Lipinski definition) is 4. The van der Waals surface area contributed by atoms with Crippen LogP contribution in [0.4, 0.5) is 0 Å². The predicted molar refractivity (Wildman–Crippen MR) is 110 cm³/mol. The van der Waals surface area contributed by atoms with Gasteiger partial charge in [-0.3, -0.25) is 4.79 Å². The Labute approximate surface area is 165 Å². The highest BCUT2D eigenvalue weighted by molar-refractivity contribution is 6.31. The zero-order valence-corrected chi connectivity index (χ0v) is 15.7. The molecular formula is C22H16ClNO4. The summed E-state index contributed by atoms with van der Waals surface area (Å²) >= 11 is 5.97. The first-order chi connectivity index (χ1) is 13.5. The van der Waals surface area contributed by atoms with Gasteiger partial charge in [0.1, 0.15) is 23.0 Å². The molecule has 0 radical (unpaired) electrons. The van der Waals surface area contributed by atoms with Crippen LogP contribution in [-0.4, -0.2) is 17.2 Å².